The molecule has 0 fully saturated rings. The van der Waals surface area contributed by atoms with E-state index in [9.17, 15) is 9.90 Å². The van der Waals surface area contributed by atoms with Gasteiger partial charge in [-0.05, 0) is 35.2 Å². The van der Waals surface area contributed by atoms with Crippen molar-refractivity contribution in [2.45, 2.75) is 13.3 Å². The van der Waals surface area contributed by atoms with E-state index in [-0.39, 0.29) is 5.75 Å². The third-order valence-electron chi connectivity index (χ3n) is 4.39. The van der Waals surface area contributed by atoms with Crippen molar-refractivity contribution in [3.63, 3.8) is 0 Å². The molecule has 0 aliphatic rings. The van der Waals surface area contributed by atoms with Gasteiger partial charge < -0.3 is 9.52 Å². The van der Waals surface area contributed by atoms with Crippen LogP contribution in [0.15, 0.2) is 70.3 Å². The smallest absolute Gasteiger partial charge is 0.336 e. The van der Waals surface area contributed by atoms with Crippen LogP contribution in [0.1, 0.15) is 12.5 Å². The fourth-order valence-corrected chi connectivity index (χ4v) is 3.14. The molecule has 0 saturated heterocycles. The largest absolute Gasteiger partial charge is 0.507 e. The molecule has 0 bridgehead atoms. The van der Waals surface area contributed by atoms with Crippen LogP contribution in [0.5, 0.6) is 5.75 Å². The standard InChI is InChI=1S/C21H16N2O3/c1-2-13-10-16-15(14-6-4-3-5-7-14)11-18(24)26-21(16)19(20(13)25)17-8-9-22-12-23-17/h3-12,25H,2H2,1H3. The van der Waals surface area contributed by atoms with Crippen LogP contribution in [0.2, 0.25) is 0 Å². The summed E-state index contributed by atoms with van der Waals surface area (Å²) < 4.78 is 5.51. The average Bonchev–Trinajstić information content (AvgIpc) is 2.68. The first-order chi connectivity index (χ1) is 12.7. The number of phenols is 1. The van der Waals surface area contributed by atoms with Gasteiger partial charge in [-0.1, -0.05) is 37.3 Å². The highest BCUT2D eigenvalue weighted by Gasteiger charge is 2.20. The molecule has 0 radical (unpaired) electrons. The lowest BCUT2D eigenvalue weighted by molar-refractivity contribution is 0.469. The summed E-state index contributed by atoms with van der Waals surface area (Å²) in [6.07, 6.45) is 3.62. The fourth-order valence-electron chi connectivity index (χ4n) is 3.14. The number of fused-ring (bicyclic) bond motifs is 1. The summed E-state index contributed by atoms with van der Waals surface area (Å²) in [6, 6.07) is 14.7. The summed E-state index contributed by atoms with van der Waals surface area (Å²) >= 11 is 0. The third kappa shape index (κ3) is 2.63. The van der Waals surface area contributed by atoms with E-state index in [1.54, 1.807) is 12.3 Å². The molecule has 0 spiro atoms. The van der Waals surface area contributed by atoms with Crippen LogP contribution in [0.4, 0.5) is 0 Å². The monoisotopic (exact) mass is 344 g/mol. The van der Waals surface area contributed by atoms with Crippen LogP contribution in [0.25, 0.3) is 33.4 Å². The number of aryl methyl sites for hydroxylation is 1. The zero-order valence-corrected chi connectivity index (χ0v) is 14.1. The van der Waals surface area contributed by atoms with Crippen molar-refractivity contribution < 1.29 is 9.52 Å². The second-order valence-corrected chi connectivity index (χ2v) is 5.93. The number of aromatic hydroxyl groups is 1. The third-order valence-corrected chi connectivity index (χ3v) is 4.39. The maximum atomic E-state index is 12.2. The highest BCUT2D eigenvalue weighted by Crippen LogP contribution is 2.41. The zero-order chi connectivity index (χ0) is 18.1. The molecule has 2 aromatic carbocycles. The molecule has 4 rings (SSSR count). The molecule has 0 aliphatic heterocycles. The molecule has 0 saturated carbocycles. The lowest BCUT2D eigenvalue weighted by Gasteiger charge is -2.14. The predicted octanol–water partition coefficient (Wildman–Crippen LogP) is 4.19. The SMILES string of the molecule is CCc1cc2c(-c3ccccc3)cc(=O)oc2c(-c2ccncn2)c1O. The summed E-state index contributed by atoms with van der Waals surface area (Å²) in [6.45, 7) is 1.96. The summed E-state index contributed by atoms with van der Waals surface area (Å²) in [4.78, 5) is 20.4. The van der Waals surface area contributed by atoms with Crippen molar-refractivity contribution in [3.8, 4) is 28.1 Å². The van der Waals surface area contributed by atoms with E-state index in [0.29, 0.717) is 23.3 Å². The first-order valence-corrected chi connectivity index (χ1v) is 8.33. The van der Waals surface area contributed by atoms with Crippen molar-refractivity contribution in [2.24, 2.45) is 0 Å². The molecule has 1 N–H and O–H groups in total. The second kappa shape index (κ2) is 6.44. The Balaban J connectivity index is 2.17. The molecule has 4 aromatic rings. The Morgan fingerprint density at radius 3 is 2.62 bits per heavy atom. The number of benzene rings is 2. The molecule has 2 aromatic heterocycles. The average molecular weight is 344 g/mol. The van der Waals surface area contributed by atoms with Crippen LogP contribution in [-0.4, -0.2) is 15.1 Å². The highest BCUT2D eigenvalue weighted by molar-refractivity contribution is 6.03. The molecule has 0 unspecified atom stereocenters. The molecule has 26 heavy (non-hydrogen) atoms. The fraction of sp³-hybridized carbons (Fsp3) is 0.0952. The van der Waals surface area contributed by atoms with Crippen molar-refractivity contribution in [2.75, 3.05) is 0 Å². The Labute approximate surface area is 149 Å². The Hall–Kier alpha value is -3.47. The van der Waals surface area contributed by atoms with Gasteiger partial charge in [-0.25, -0.2) is 14.8 Å². The predicted molar refractivity (Wildman–Crippen MR) is 100.0 cm³/mol. The Bertz CT molecular complexity index is 1140. The number of hydrogen-bond acceptors (Lipinski definition) is 5. The molecule has 2 heterocycles. The van der Waals surface area contributed by atoms with E-state index in [4.69, 9.17) is 4.42 Å². The minimum Gasteiger partial charge on any atom is -0.507 e. The van der Waals surface area contributed by atoms with Gasteiger partial charge in [-0.15, -0.1) is 0 Å². The molecule has 0 atom stereocenters. The first-order valence-electron chi connectivity index (χ1n) is 8.33. The highest BCUT2D eigenvalue weighted by atomic mass is 16.4. The second-order valence-electron chi connectivity index (χ2n) is 5.93. The Morgan fingerprint density at radius 1 is 1.12 bits per heavy atom. The lowest BCUT2D eigenvalue weighted by Crippen LogP contribution is -2.01. The van der Waals surface area contributed by atoms with Gasteiger partial charge in [0, 0.05) is 17.6 Å². The van der Waals surface area contributed by atoms with E-state index in [1.165, 1.54) is 12.4 Å². The molecule has 128 valence electrons. The molecule has 5 heteroatoms. The summed E-state index contributed by atoms with van der Waals surface area (Å²) in [5.41, 5.74) is 3.20. The van der Waals surface area contributed by atoms with Gasteiger partial charge >= 0.3 is 5.63 Å². The Kier molecular flexibility index (Phi) is 3.97. The minimum atomic E-state index is -0.477. The quantitative estimate of drug-likeness (QED) is 0.564. The summed E-state index contributed by atoms with van der Waals surface area (Å²) in [5, 5.41) is 11.5. The van der Waals surface area contributed by atoms with E-state index < -0.39 is 5.63 Å². The van der Waals surface area contributed by atoms with Gasteiger partial charge in [-0.3, -0.25) is 0 Å². The van der Waals surface area contributed by atoms with Gasteiger partial charge in [0.2, 0.25) is 0 Å². The molecule has 0 aliphatic carbocycles. The lowest BCUT2D eigenvalue weighted by atomic mass is 9.95. The van der Waals surface area contributed by atoms with Crippen LogP contribution >= 0.6 is 0 Å². The topological polar surface area (TPSA) is 76.2 Å². The van der Waals surface area contributed by atoms with Crippen LogP contribution in [-0.2, 0) is 6.42 Å². The van der Waals surface area contributed by atoms with Gasteiger partial charge in [-0.2, -0.15) is 0 Å². The number of nitrogens with zero attached hydrogens (tertiary/aromatic N) is 2. The van der Waals surface area contributed by atoms with E-state index in [2.05, 4.69) is 9.97 Å². The van der Waals surface area contributed by atoms with Gasteiger partial charge in [0.15, 0.2) is 5.58 Å². The molecule has 0 amide bonds. The zero-order valence-electron chi connectivity index (χ0n) is 14.1. The van der Waals surface area contributed by atoms with Gasteiger partial charge in [0.05, 0.1) is 11.3 Å². The minimum absolute atomic E-state index is 0.0760. The van der Waals surface area contributed by atoms with Crippen molar-refractivity contribution in [3.05, 3.63) is 77.0 Å². The van der Waals surface area contributed by atoms with Crippen molar-refractivity contribution in [1.29, 1.82) is 0 Å². The number of hydrogen-bond donors (Lipinski definition) is 1. The van der Waals surface area contributed by atoms with Crippen molar-refractivity contribution >= 4 is 11.0 Å². The summed E-state index contributed by atoms with van der Waals surface area (Å²) in [7, 11) is 0. The van der Waals surface area contributed by atoms with Crippen LogP contribution < -0.4 is 5.63 Å². The van der Waals surface area contributed by atoms with Gasteiger partial charge in [0.1, 0.15) is 12.1 Å². The Morgan fingerprint density at radius 2 is 1.92 bits per heavy atom. The number of rotatable bonds is 3. The van der Waals surface area contributed by atoms with Gasteiger partial charge in [0.25, 0.3) is 0 Å². The maximum Gasteiger partial charge on any atom is 0.336 e. The van der Waals surface area contributed by atoms with E-state index in [1.807, 2.05) is 43.3 Å². The maximum absolute atomic E-state index is 12.2. The van der Waals surface area contributed by atoms with E-state index >= 15 is 0 Å². The summed E-state index contributed by atoms with van der Waals surface area (Å²) in [5.74, 6) is 0.0760. The van der Waals surface area contributed by atoms with Crippen molar-refractivity contribution in [1.82, 2.24) is 9.97 Å². The first kappa shape index (κ1) is 16.0. The molecular formula is C21H16N2O3. The normalized spacial score (nSPS) is 11.0. The number of aromatic nitrogens is 2. The molecular weight excluding hydrogens is 328 g/mol. The van der Waals surface area contributed by atoms with Crippen LogP contribution in [0.3, 0.4) is 0 Å². The number of phenolic OH excluding ortho intramolecular Hbond substituents is 1. The van der Waals surface area contributed by atoms with Crippen LogP contribution in [0, 0.1) is 0 Å². The molecule has 5 nitrogen and oxygen atoms in total. The van der Waals surface area contributed by atoms with E-state index in [0.717, 1.165) is 22.1 Å².